The molecule has 0 fully saturated rings. The van der Waals surface area contributed by atoms with E-state index in [1.165, 1.54) is 53.2 Å². The fourth-order valence-electron chi connectivity index (χ4n) is 5.21. The summed E-state index contributed by atoms with van der Waals surface area (Å²) in [6.07, 6.45) is 5.26. The highest BCUT2D eigenvalue weighted by Crippen LogP contribution is 2.46. The van der Waals surface area contributed by atoms with E-state index in [0.717, 1.165) is 17.0 Å². The number of rotatable bonds is 4. The van der Waals surface area contributed by atoms with Crippen molar-refractivity contribution in [1.29, 1.82) is 0 Å². The Hall–Kier alpha value is -2.62. The minimum Gasteiger partial charge on any atom is -0.256 e. The molecule has 2 heterocycles. The van der Waals surface area contributed by atoms with E-state index >= 15 is 0 Å². The summed E-state index contributed by atoms with van der Waals surface area (Å²) in [6.45, 7) is 13.6. The van der Waals surface area contributed by atoms with Crippen LogP contribution < -0.4 is 0 Å². The summed E-state index contributed by atoms with van der Waals surface area (Å²) >= 11 is 6.81. The molecule has 0 aliphatic rings. The molecule has 0 saturated carbocycles. The largest absolute Gasteiger partial charge is 0.256 e. The molecule has 2 aromatic heterocycles. The molecule has 5 rings (SSSR count). The lowest BCUT2D eigenvalue weighted by Crippen LogP contribution is -2.12. The summed E-state index contributed by atoms with van der Waals surface area (Å²) in [7, 11) is 0. The Kier molecular flexibility index (Phi) is 6.27. The Labute approximate surface area is 218 Å². The molecule has 0 aliphatic carbocycles. The molecule has 3 aromatic carbocycles. The third kappa shape index (κ3) is 4.30. The first-order valence-corrected chi connectivity index (χ1v) is 13.7. The molecule has 0 spiro atoms. The Morgan fingerprint density at radius 2 is 1.74 bits per heavy atom. The van der Waals surface area contributed by atoms with E-state index in [1.807, 2.05) is 17.5 Å². The van der Waals surface area contributed by atoms with Gasteiger partial charge in [-0.3, -0.25) is 4.98 Å². The minimum absolute atomic E-state index is 0.0268. The summed E-state index contributed by atoms with van der Waals surface area (Å²) in [5.74, 6) is 0.571. The second kappa shape index (κ2) is 9.11. The van der Waals surface area contributed by atoms with E-state index in [1.54, 1.807) is 0 Å². The van der Waals surface area contributed by atoms with Crippen molar-refractivity contribution in [2.75, 3.05) is 0 Å². The SMILES string of the molecule is C/C=C(\CC(C)C)c1c(S)ccc2sc3ccnc(-c4cc(C(C)(C)C)c5ccccc5c4)c3c12. The number of thiol groups is 1. The van der Waals surface area contributed by atoms with Gasteiger partial charge in [-0.05, 0) is 76.9 Å². The van der Waals surface area contributed by atoms with Crippen LogP contribution in [0.5, 0.6) is 0 Å². The van der Waals surface area contributed by atoms with Crippen molar-refractivity contribution in [2.24, 2.45) is 5.92 Å². The lowest BCUT2D eigenvalue weighted by Gasteiger charge is -2.23. The number of pyridine rings is 1. The van der Waals surface area contributed by atoms with Crippen LogP contribution in [0.3, 0.4) is 0 Å². The predicted molar refractivity (Wildman–Crippen MR) is 159 cm³/mol. The number of nitrogens with zero attached hydrogens (tertiary/aromatic N) is 1. The van der Waals surface area contributed by atoms with Gasteiger partial charge in [-0.1, -0.05) is 65.0 Å². The van der Waals surface area contributed by atoms with Gasteiger partial charge in [-0.25, -0.2) is 0 Å². The quantitative estimate of drug-likeness (QED) is 0.245. The second-order valence-corrected chi connectivity index (χ2v) is 12.4. The van der Waals surface area contributed by atoms with Crippen molar-refractivity contribution >= 4 is 60.5 Å². The zero-order chi connectivity index (χ0) is 24.9. The molecule has 1 nitrogen and oxygen atoms in total. The van der Waals surface area contributed by atoms with E-state index in [2.05, 4.69) is 102 Å². The number of hydrogen-bond acceptors (Lipinski definition) is 3. The number of fused-ring (bicyclic) bond motifs is 4. The number of aromatic nitrogens is 1. The van der Waals surface area contributed by atoms with E-state index in [4.69, 9.17) is 17.6 Å². The number of allylic oxidation sites excluding steroid dienone is 2. The Balaban J connectivity index is 1.89. The van der Waals surface area contributed by atoms with Gasteiger partial charge in [0.05, 0.1) is 5.69 Å². The van der Waals surface area contributed by atoms with Crippen LogP contribution in [0.4, 0.5) is 0 Å². The van der Waals surface area contributed by atoms with Crippen LogP contribution in [0.1, 0.15) is 59.1 Å². The standard InChI is InChI=1S/C32H33NS2/c1-7-20(16-19(2)3)28-25(34)12-13-26-29(28)30-27(35-26)14-15-33-31(30)22-17-21-10-8-9-11-23(21)24(18-22)32(4,5)6/h7-15,17-19,34H,16H2,1-6H3/b20-7+. The number of hydrogen-bond donors (Lipinski definition) is 1. The molecule has 0 radical (unpaired) electrons. The van der Waals surface area contributed by atoms with Crippen LogP contribution in [0.25, 0.3) is 47.8 Å². The topological polar surface area (TPSA) is 12.9 Å². The normalized spacial score (nSPS) is 13.0. The van der Waals surface area contributed by atoms with Crippen LogP contribution in [0.15, 0.2) is 71.8 Å². The van der Waals surface area contributed by atoms with Gasteiger partial charge in [0.1, 0.15) is 0 Å². The fourth-order valence-corrected chi connectivity index (χ4v) is 6.65. The van der Waals surface area contributed by atoms with Gasteiger partial charge in [0.25, 0.3) is 0 Å². The van der Waals surface area contributed by atoms with Crippen LogP contribution in [-0.4, -0.2) is 4.98 Å². The molecular weight excluding hydrogens is 462 g/mol. The predicted octanol–water partition coefficient (Wildman–Crippen LogP) is 10.3. The van der Waals surface area contributed by atoms with E-state index in [9.17, 15) is 0 Å². The third-order valence-electron chi connectivity index (χ3n) is 6.77. The van der Waals surface area contributed by atoms with Crippen LogP contribution >= 0.6 is 24.0 Å². The lowest BCUT2D eigenvalue weighted by atomic mass is 9.82. The van der Waals surface area contributed by atoms with Gasteiger partial charge in [0.15, 0.2) is 0 Å². The summed E-state index contributed by atoms with van der Waals surface area (Å²) < 4.78 is 2.57. The average Bonchev–Trinajstić information content (AvgIpc) is 3.20. The van der Waals surface area contributed by atoms with Gasteiger partial charge in [0, 0.05) is 42.4 Å². The van der Waals surface area contributed by atoms with Crippen LogP contribution in [0, 0.1) is 5.92 Å². The van der Waals surface area contributed by atoms with Crippen molar-refractivity contribution in [3.8, 4) is 11.3 Å². The molecule has 0 amide bonds. The van der Waals surface area contributed by atoms with Gasteiger partial charge < -0.3 is 0 Å². The maximum atomic E-state index is 5.01. The number of benzene rings is 3. The first-order valence-electron chi connectivity index (χ1n) is 12.4. The highest BCUT2D eigenvalue weighted by Gasteiger charge is 2.22. The smallest absolute Gasteiger partial charge is 0.0795 e. The zero-order valence-corrected chi connectivity index (χ0v) is 23.1. The average molecular weight is 496 g/mol. The molecule has 0 atom stereocenters. The van der Waals surface area contributed by atoms with Gasteiger partial charge in [0.2, 0.25) is 0 Å². The Morgan fingerprint density at radius 3 is 2.46 bits per heavy atom. The molecule has 0 aliphatic heterocycles. The maximum absolute atomic E-state index is 5.01. The van der Waals surface area contributed by atoms with E-state index in [0.29, 0.717) is 5.92 Å². The van der Waals surface area contributed by atoms with Crippen LogP contribution in [0.2, 0.25) is 0 Å². The molecule has 35 heavy (non-hydrogen) atoms. The van der Waals surface area contributed by atoms with Gasteiger partial charge >= 0.3 is 0 Å². The molecule has 0 bridgehead atoms. The molecular formula is C32H33NS2. The number of thiophene rings is 1. The lowest BCUT2D eigenvalue weighted by molar-refractivity contribution is 0.596. The first kappa shape index (κ1) is 24.1. The van der Waals surface area contributed by atoms with E-state index in [-0.39, 0.29) is 5.41 Å². The summed E-state index contributed by atoms with van der Waals surface area (Å²) in [4.78, 5) is 6.05. The first-order chi connectivity index (χ1) is 16.7. The van der Waals surface area contributed by atoms with Gasteiger partial charge in [-0.15, -0.1) is 24.0 Å². The Bertz CT molecular complexity index is 1600. The highest BCUT2D eigenvalue weighted by atomic mass is 32.1. The van der Waals surface area contributed by atoms with Crippen molar-refractivity contribution in [3.63, 3.8) is 0 Å². The molecule has 178 valence electrons. The van der Waals surface area contributed by atoms with Crippen molar-refractivity contribution in [1.82, 2.24) is 4.98 Å². The molecule has 0 N–H and O–H groups in total. The second-order valence-electron chi connectivity index (χ2n) is 10.9. The molecule has 0 unspecified atom stereocenters. The minimum atomic E-state index is 0.0268. The zero-order valence-electron chi connectivity index (χ0n) is 21.4. The summed E-state index contributed by atoms with van der Waals surface area (Å²) in [6, 6.07) is 19.9. The summed E-state index contributed by atoms with van der Waals surface area (Å²) in [5, 5.41) is 5.12. The van der Waals surface area contributed by atoms with Gasteiger partial charge in [-0.2, -0.15) is 0 Å². The van der Waals surface area contributed by atoms with Crippen molar-refractivity contribution < 1.29 is 0 Å². The van der Waals surface area contributed by atoms with E-state index < -0.39 is 0 Å². The molecule has 5 aromatic rings. The fraction of sp³-hybridized carbons (Fsp3) is 0.281. The van der Waals surface area contributed by atoms with Crippen LogP contribution in [-0.2, 0) is 5.41 Å². The van der Waals surface area contributed by atoms with Crippen molar-refractivity contribution in [3.05, 3.63) is 78.0 Å². The monoisotopic (exact) mass is 495 g/mol. The summed E-state index contributed by atoms with van der Waals surface area (Å²) in [5.41, 5.74) is 6.25. The third-order valence-corrected chi connectivity index (χ3v) is 8.26. The van der Waals surface area contributed by atoms with Crippen molar-refractivity contribution in [2.45, 2.75) is 58.3 Å². The Morgan fingerprint density at radius 1 is 1.00 bits per heavy atom. The highest BCUT2D eigenvalue weighted by molar-refractivity contribution is 7.80. The molecule has 3 heteroatoms. The maximum Gasteiger partial charge on any atom is 0.0795 e. The molecule has 0 saturated heterocycles.